The third-order valence-corrected chi connectivity index (χ3v) is 5.88. The first-order chi connectivity index (χ1) is 15.1. The summed E-state index contributed by atoms with van der Waals surface area (Å²) in [4.78, 5) is 34.1. The Balaban J connectivity index is -0.00000480. The molecule has 2 unspecified atom stereocenters. The van der Waals surface area contributed by atoms with Gasteiger partial charge in [-0.15, -0.1) is 0 Å². The predicted molar refractivity (Wildman–Crippen MR) is 117 cm³/mol. The molecular formula is C21H38NNa2O9S+. The van der Waals surface area contributed by atoms with Crippen LogP contribution in [0.4, 0.5) is 0 Å². The number of hydrogen-bond acceptors (Lipinski definition) is 8. The minimum atomic E-state index is -5.16. The zero-order valence-corrected chi connectivity index (χ0v) is 26.0. The summed E-state index contributed by atoms with van der Waals surface area (Å²) < 4.78 is 42.5. The zero-order chi connectivity index (χ0) is 24.4. The Morgan fingerprint density at radius 1 is 0.941 bits per heavy atom. The second-order valence-corrected chi connectivity index (χ2v) is 9.36. The molecule has 0 spiro atoms. The summed E-state index contributed by atoms with van der Waals surface area (Å²) >= 11 is 0. The van der Waals surface area contributed by atoms with E-state index in [0.717, 1.165) is 19.3 Å². The first kappa shape index (κ1) is 38.8. The van der Waals surface area contributed by atoms with Gasteiger partial charge in [0, 0.05) is 13.0 Å². The number of rotatable bonds is 20. The molecule has 10 nitrogen and oxygen atoms in total. The Morgan fingerprint density at radius 3 is 1.97 bits per heavy atom. The van der Waals surface area contributed by atoms with Crippen LogP contribution in [-0.4, -0.2) is 67.0 Å². The van der Waals surface area contributed by atoms with Crippen molar-refractivity contribution in [3.63, 3.8) is 0 Å². The van der Waals surface area contributed by atoms with Crippen LogP contribution in [0.5, 0.6) is 0 Å². The van der Waals surface area contributed by atoms with E-state index in [4.69, 9.17) is 9.84 Å². The monoisotopic (exact) mass is 526 g/mol. The van der Waals surface area contributed by atoms with E-state index in [2.05, 4.69) is 17.0 Å². The molecule has 0 aromatic rings. The maximum absolute atomic E-state index is 11.9. The number of amides is 1. The fraction of sp³-hybridized carbons (Fsp3) is 0.857. The van der Waals surface area contributed by atoms with Gasteiger partial charge in [-0.25, -0.2) is 8.42 Å². The van der Waals surface area contributed by atoms with Crippen molar-refractivity contribution in [2.75, 3.05) is 19.8 Å². The second kappa shape index (κ2) is 23.7. The summed E-state index contributed by atoms with van der Waals surface area (Å²) in [6.07, 6.45) is 9.71. The molecule has 0 rings (SSSR count). The summed E-state index contributed by atoms with van der Waals surface area (Å²) in [5.74, 6) is -3.07. The van der Waals surface area contributed by atoms with Crippen LogP contribution in [0.2, 0.25) is 0 Å². The van der Waals surface area contributed by atoms with Crippen LogP contribution in [0.3, 0.4) is 0 Å². The van der Waals surface area contributed by atoms with Crippen LogP contribution in [0.1, 0.15) is 84.5 Å². The third-order valence-electron chi connectivity index (χ3n) is 4.82. The Bertz CT molecular complexity index is 663. The number of carboxylic acid groups (broad SMARTS) is 1. The molecule has 1 amide bonds. The smallest absolute Gasteiger partial charge is 0.747 e. The molecule has 0 aromatic carbocycles. The fourth-order valence-electron chi connectivity index (χ4n) is 2.93. The molecule has 0 heterocycles. The number of nitrogens with one attached hydrogen (secondary N) is 1. The number of carbonyl (C=O) groups excluding carboxylic acids is 2. The normalized spacial score (nSPS) is 12.6. The van der Waals surface area contributed by atoms with Crippen molar-refractivity contribution in [3.8, 4) is 0 Å². The summed E-state index contributed by atoms with van der Waals surface area (Å²) in [7, 11) is -5.16. The molecule has 13 heteroatoms. The van der Waals surface area contributed by atoms with Gasteiger partial charge >= 0.3 is 71.1 Å². The molecule has 0 bridgehead atoms. The number of esters is 1. The van der Waals surface area contributed by atoms with E-state index in [1.165, 1.54) is 38.5 Å². The van der Waals surface area contributed by atoms with E-state index < -0.39 is 33.7 Å². The molecule has 2 atom stereocenters. The SMILES string of the molecule is CCCCCCCCCCCC(=O)NCC(C)OCCOC(=O)CC(C(=O)O)S(=O)(=O)[O-].[Na+].[Na+]. The van der Waals surface area contributed by atoms with Crippen molar-refractivity contribution in [2.45, 2.75) is 95.8 Å². The molecule has 0 radical (unpaired) electrons. The average Bonchev–Trinajstić information content (AvgIpc) is 2.71. The van der Waals surface area contributed by atoms with E-state index in [1.807, 2.05) is 0 Å². The van der Waals surface area contributed by atoms with Crippen LogP contribution in [0, 0.1) is 0 Å². The molecular weight excluding hydrogens is 488 g/mol. The first-order valence-electron chi connectivity index (χ1n) is 11.3. The molecule has 0 aliphatic heterocycles. The van der Waals surface area contributed by atoms with Crippen molar-refractivity contribution in [2.24, 2.45) is 0 Å². The number of carbonyl (C=O) groups is 3. The first-order valence-corrected chi connectivity index (χ1v) is 12.8. The van der Waals surface area contributed by atoms with Crippen molar-refractivity contribution in [1.82, 2.24) is 5.32 Å². The number of unbranched alkanes of at least 4 members (excludes halogenated alkanes) is 8. The maximum atomic E-state index is 11.9. The maximum Gasteiger partial charge on any atom is 1.00 e. The number of hydrogen-bond donors (Lipinski definition) is 2. The standard InChI is InChI=1S/C21H39NO9S.2Na/c1-3-4-5-6-7-8-9-10-11-12-19(23)22-16-17(2)30-13-14-31-20(24)15-18(21(25)26)32(27,28)29;;/h17-18H,3-16H2,1-2H3,(H,22,23)(H,25,26)(H,27,28,29);;/q;2*+1/p-1. The Kier molecular flexibility index (Phi) is 27.0. The molecule has 0 fully saturated rings. The molecule has 34 heavy (non-hydrogen) atoms. The van der Waals surface area contributed by atoms with Gasteiger partial charge in [0.1, 0.15) is 16.7 Å². The summed E-state index contributed by atoms with van der Waals surface area (Å²) in [5.41, 5.74) is 0. The van der Waals surface area contributed by atoms with Gasteiger partial charge in [-0.1, -0.05) is 58.3 Å². The van der Waals surface area contributed by atoms with E-state index in [-0.39, 0.29) is 84.3 Å². The van der Waals surface area contributed by atoms with Crippen molar-refractivity contribution < 1.29 is 101 Å². The Labute approximate surface area is 248 Å². The molecule has 0 saturated heterocycles. The van der Waals surface area contributed by atoms with E-state index in [9.17, 15) is 27.4 Å². The fourth-order valence-corrected chi connectivity index (χ4v) is 3.52. The molecule has 0 aliphatic carbocycles. The second-order valence-electron chi connectivity index (χ2n) is 7.81. The predicted octanol–water partition coefficient (Wildman–Crippen LogP) is -3.63. The van der Waals surface area contributed by atoms with Gasteiger partial charge in [-0.2, -0.15) is 0 Å². The van der Waals surface area contributed by atoms with Crippen LogP contribution in [-0.2, 0) is 34.0 Å². The Morgan fingerprint density at radius 2 is 1.47 bits per heavy atom. The molecule has 0 saturated carbocycles. The van der Waals surface area contributed by atoms with Gasteiger partial charge in [0.2, 0.25) is 5.91 Å². The molecule has 188 valence electrons. The van der Waals surface area contributed by atoms with Crippen LogP contribution >= 0.6 is 0 Å². The summed E-state index contributed by atoms with van der Waals surface area (Å²) in [5, 5.41) is 9.08. The Hall–Kier alpha value is 0.280. The minimum absolute atomic E-state index is 0. The summed E-state index contributed by atoms with van der Waals surface area (Å²) in [6.45, 7) is 3.96. The van der Waals surface area contributed by atoms with E-state index >= 15 is 0 Å². The minimum Gasteiger partial charge on any atom is -0.747 e. The van der Waals surface area contributed by atoms with E-state index in [1.54, 1.807) is 6.92 Å². The zero-order valence-electron chi connectivity index (χ0n) is 21.2. The third kappa shape index (κ3) is 22.7. The van der Waals surface area contributed by atoms with Crippen LogP contribution in [0.25, 0.3) is 0 Å². The van der Waals surface area contributed by atoms with E-state index in [0.29, 0.717) is 13.0 Å². The molecule has 2 N–H and O–H groups in total. The largest absolute Gasteiger partial charge is 1.00 e. The van der Waals surface area contributed by atoms with Crippen molar-refractivity contribution in [1.29, 1.82) is 0 Å². The summed E-state index contributed by atoms with van der Waals surface area (Å²) in [6, 6.07) is 0. The number of carboxylic acids is 1. The topological polar surface area (TPSA) is 159 Å². The average molecular weight is 527 g/mol. The van der Waals surface area contributed by atoms with Gasteiger partial charge < -0.3 is 24.4 Å². The quantitative estimate of drug-likeness (QED) is 0.0706. The van der Waals surface area contributed by atoms with Crippen molar-refractivity contribution >= 4 is 28.0 Å². The molecule has 0 aromatic heterocycles. The van der Waals surface area contributed by atoms with Gasteiger partial charge in [0.15, 0.2) is 5.25 Å². The van der Waals surface area contributed by atoms with Gasteiger partial charge in [0.05, 0.1) is 19.1 Å². The van der Waals surface area contributed by atoms with Crippen LogP contribution < -0.4 is 64.4 Å². The molecule has 0 aliphatic rings. The van der Waals surface area contributed by atoms with Gasteiger partial charge in [0.25, 0.3) is 0 Å². The van der Waals surface area contributed by atoms with Crippen molar-refractivity contribution in [3.05, 3.63) is 0 Å². The van der Waals surface area contributed by atoms with Gasteiger partial charge in [-0.05, 0) is 13.3 Å². The van der Waals surface area contributed by atoms with Crippen LogP contribution in [0.15, 0.2) is 0 Å². The van der Waals surface area contributed by atoms with Gasteiger partial charge in [-0.3, -0.25) is 14.4 Å². The number of aliphatic carboxylic acids is 1. The number of ether oxygens (including phenoxy) is 2.